The molecule has 4 aromatic carbocycles. The Morgan fingerprint density at radius 3 is 1.83 bits per heavy atom. The maximum Gasteiger partial charge on any atom is 0.338 e. The van der Waals surface area contributed by atoms with Gasteiger partial charge in [-0.25, -0.2) is 14.8 Å². The summed E-state index contributed by atoms with van der Waals surface area (Å²) in [4.78, 5) is 36.0. The molecule has 0 fully saturated rings. The van der Waals surface area contributed by atoms with Gasteiger partial charge in [0.1, 0.15) is 11.5 Å². The summed E-state index contributed by atoms with van der Waals surface area (Å²) >= 11 is 0. The molecule has 206 valence electrons. The number of amides is 1. The fourth-order valence-electron chi connectivity index (χ4n) is 4.40. The lowest BCUT2D eigenvalue weighted by molar-refractivity contribution is -0.124. The Morgan fingerprint density at radius 1 is 0.732 bits per heavy atom. The van der Waals surface area contributed by atoms with Crippen molar-refractivity contribution in [3.8, 4) is 34.0 Å². The van der Waals surface area contributed by atoms with Crippen molar-refractivity contribution in [2.75, 3.05) is 19.5 Å². The maximum atomic E-state index is 13.2. The quantitative estimate of drug-likeness (QED) is 0.209. The van der Waals surface area contributed by atoms with Crippen LogP contribution in [0.25, 0.3) is 33.5 Å². The molecular weight excluding hydrogens is 518 g/mol. The Balaban J connectivity index is 1.42. The van der Waals surface area contributed by atoms with E-state index in [0.29, 0.717) is 33.9 Å². The molecule has 0 saturated heterocycles. The zero-order valence-electron chi connectivity index (χ0n) is 23.0. The number of esters is 1. The molecule has 0 saturated carbocycles. The van der Waals surface area contributed by atoms with Gasteiger partial charge in [0.15, 0.2) is 6.10 Å². The number of hydrogen-bond acceptors (Lipinski definition) is 7. The minimum Gasteiger partial charge on any atom is -0.497 e. The van der Waals surface area contributed by atoms with Crippen molar-refractivity contribution >= 4 is 28.6 Å². The van der Waals surface area contributed by atoms with Gasteiger partial charge in [-0.3, -0.25) is 4.79 Å². The number of carbonyl (C=O) groups excluding carboxylic acids is 2. The first-order chi connectivity index (χ1) is 20.0. The molecule has 8 heteroatoms. The predicted molar refractivity (Wildman–Crippen MR) is 158 cm³/mol. The maximum absolute atomic E-state index is 13.2. The molecule has 41 heavy (non-hydrogen) atoms. The minimum atomic E-state index is -1.01. The first-order valence-electron chi connectivity index (χ1n) is 13.2. The minimum absolute atomic E-state index is 0.271. The lowest BCUT2D eigenvalue weighted by Crippen LogP contribution is -2.32. The number of nitrogens with one attached hydrogen (secondary N) is 1. The molecule has 0 aliphatic heterocycles. The fraction of sp³-hybridized carbons (Fsp3) is 0.152. The Bertz CT molecular complexity index is 1670. The molecule has 0 bridgehead atoms. The van der Waals surface area contributed by atoms with Gasteiger partial charge in [0.05, 0.1) is 42.2 Å². The van der Waals surface area contributed by atoms with E-state index >= 15 is 0 Å². The smallest absolute Gasteiger partial charge is 0.338 e. The molecule has 1 aromatic heterocycles. The highest BCUT2D eigenvalue weighted by atomic mass is 16.5. The number of fused-ring (bicyclic) bond motifs is 1. The third kappa shape index (κ3) is 6.17. The summed E-state index contributed by atoms with van der Waals surface area (Å²) in [5.74, 6) is -0.0533. The number of methoxy groups -OCH3 is 2. The topological polar surface area (TPSA) is 99.6 Å². The molecule has 1 amide bonds. The molecule has 1 atom stereocenters. The summed E-state index contributed by atoms with van der Waals surface area (Å²) in [5.41, 5.74) is 5.21. The van der Waals surface area contributed by atoms with Crippen LogP contribution in [0.4, 0.5) is 5.69 Å². The van der Waals surface area contributed by atoms with E-state index < -0.39 is 18.0 Å². The highest BCUT2D eigenvalue weighted by Gasteiger charge is 2.23. The second-order valence-electron chi connectivity index (χ2n) is 9.25. The third-order valence-corrected chi connectivity index (χ3v) is 6.53. The highest BCUT2D eigenvalue weighted by Crippen LogP contribution is 2.31. The molecular formula is C33H29N3O5. The van der Waals surface area contributed by atoms with Gasteiger partial charge in [-0.15, -0.1) is 0 Å². The highest BCUT2D eigenvalue weighted by molar-refractivity contribution is 5.99. The van der Waals surface area contributed by atoms with Crippen molar-refractivity contribution in [3.05, 3.63) is 103 Å². The summed E-state index contributed by atoms with van der Waals surface area (Å²) in [6.07, 6.45) is -0.730. The molecule has 0 aliphatic rings. The first-order valence-corrected chi connectivity index (χ1v) is 13.2. The van der Waals surface area contributed by atoms with Crippen molar-refractivity contribution in [1.29, 1.82) is 0 Å². The summed E-state index contributed by atoms with van der Waals surface area (Å²) in [5, 5.41) is 2.78. The van der Waals surface area contributed by atoms with E-state index in [4.69, 9.17) is 24.2 Å². The average molecular weight is 548 g/mol. The van der Waals surface area contributed by atoms with Crippen molar-refractivity contribution in [2.45, 2.75) is 19.4 Å². The summed E-state index contributed by atoms with van der Waals surface area (Å²) < 4.78 is 16.2. The monoisotopic (exact) mass is 547 g/mol. The normalized spacial score (nSPS) is 11.5. The van der Waals surface area contributed by atoms with Crippen LogP contribution in [-0.2, 0) is 9.53 Å². The van der Waals surface area contributed by atoms with Crippen LogP contribution in [0.5, 0.6) is 11.5 Å². The number of carbonyl (C=O) groups is 2. The number of nitrogens with zero attached hydrogens (tertiary/aromatic N) is 2. The van der Waals surface area contributed by atoms with Gasteiger partial charge < -0.3 is 19.5 Å². The van der Waals surface area contributed by atoms with Gasteiger partial charge >= 0.3 is 5.97 Å². The number of aromatic nitrogens is 2. The number of ether oxygens (including phenoxy) is 3. The van der Waals surface area contributed by atoms with E-state index in [0.717, 1.165) is 16.8 Å². The molecule has 5 aromatic rings. The van der Waals surface area contributed by atoms with E-state index in [2.05, 4.69) is 5.32 Å². The molecule has 5 rings (SSSR count). The van der Waals surface area contributed by atoms with Crippen molar-refractivity contribution in [3.63, 3.8) is 0 Å². The van der Waals surface area contributed by atoms with Crippen LogP contribution in [-0.4, -0.2) is 42.2 Å². The summed E-state index contributed by atoms with van der Waals surface area (Å²) in [6, 6.07) is 29.7. The molecule has 8 nitrogen and oxygen atoms in total. The molecule has 1 N–H and O–H groups in total. The van der Waals surface area contributed by atoms with Crippen LogP contribution < -0.4 is 14.8 Å². The Labute approximate surface area is 237 Å². The van der Waals surface area contributed by atoms with Crippen molar-refractivity contribution in [1.82, 2.24) is 9.97 Å². The Morgan fingerprint density at radius 2 is 1.29 bits per heavy atom. The second-order valence-corrected chi connectivity index (χ2v) is 9.25. The standard InChI is InChI=1S/C33H29N3O5/c1-4-29(32(37)34-24-18-25(39-2)20-26(19-24)40-3)41-33(38)23-15-16-27-28(17-23)36-31(22-13-9-6-10-14-22)30(35-27)21-11-7-5-8-12-21/h5-20,29H,4H2,1-3H3,(H,34,37). The second kappa shape index (κ2) is 12.3. The Hall–Kier alpha value is -5.24. The van der Waals surface area contributed by atoms with E-state index in [9.17, 15) is 9.59 Å². The number of hydrogen-bond donors (Lipinski definition) is 1. The lowest BCUT2D eigenvalue weighted by atomic mass is 10.0. The SMILES string of the molecule is CCC(OC(=O)c1ccc2nc(-c3ccccc3)c(-c3ccccc3)nc2c1)C(=O)Nc1cc(OC)cc(OC)c1. The molecule has 0 aliphatic carbocycles. The van der Waals surface area contributed by atoms with Crippen molar-refractivity contribution < 1.29 is 23.8 Å². The van der Waals surface area contributed by atoms with Crippen LogP contribution in [0.15, 0.2) is 97.1 Å². The van der Waals surface area contributed by atoms with Crippen LogP contribution in [0.1, 0.15) is 23.7 Å². The van der Waals surface area contributed by atoms with E-state index in [1.807, 2.05) is 60.7 Å². The van der Waals surface area contributed by atoms with Crippen LogP contribution in [0, 0.1) is 0 Å². The van der Waals surface area contributed by atoms with Gasteiger partial charge in [-0.1, -0.05) is 67.6 Å². The van der Waals surface area contributed by atoms with E-state index in [1.165, 1.54) is 14.2 Å². The molecule has 1 heterocycles. The van der Waals surface area contributed by atoms with Crippen LogP contribution in [0.2, 0.25) is 0 Å². The largest absolute Gasteiger partial charge is 0.497 e. The van der Waals surface area contributed by atoms with Gasteiger partial charge in [0.2, 0.25) is 0 Å². The average Bonchev–Trinajstić information content (AvgIpc) is 3.03. The van der Waals surface area contributed by atoms with Gasteiger partial charge in [-0.2, -0.15) is 0 Å². The first kappa shape index (κ1) is 27.3. The number of anilines is 1. The lowest BCUT2D eigenvalue weighted by Gasteiger charge is -2.17. The summed E-state index contributed by atoms with van der Waals surface area (Å²) in [6.45, 7) is 1.77. The predicted octanol–water partition coefficient (Wildman–Crippen LogP) is 6.56. The van der Waals surface area contributed by atoms with Crippen LogP contribution >= 0.6 is 0 Å². The van der Waals surface area contributed by atoms with E-state index in [1.54, 1.807) is 43.3 Å². The molecule has 1 unspecified atom stereocenters. The zero-order chi connectivity index (χ0) is 28.8. The van der Waals surface area contributed by atoms with Gasteiger partial charge in [0.25, 0.3) is 5.91 Å². The van der Waals surface area contributed by atoms with E-state index in [-0.39, 0.29) is 12.0 Å². The third-order valence-electron chi connectivity index (χ3n) is 6.53. The summed E-state index contributed by atoms with van der Waals surface area (Å²) in [7, 11) is 3.05. The molecule has 0 radical (unpaired) electrons. The zero-order valence-corrected chi connectivity index (χ0v) is 23.0. The van der Waals surface area contributed by atoms with Gasteiger partial charge in [0, 0.05) is 35.0 Å². The molecule has 0 spiro atoms. The number of benzene rings is 4. The van der Waals surface area contributed by atoms with Gasteiger partial charge in [-0.05, 0) is 24.6 Å². The number of rotatable bonds is 9. The van der Waals surface area contributed by atoms with Crippen LogP contribution in [0.3, 0.4) is 0 Å². The van der Waals surface area contributed by atoms with Crippen molar-refractivity contribution in [2.24, 2.45) is 0 Å². The fourth-order valence-corrected chi connectivity index (χ4v) is 4.40. The Kier molecular flexibility index (Phi) is 8.20.